The summed E-state index contributed by atoms with van der Waals surface area (Å²) in [5, 5.41) is 12.2. The Bertz CT molecular complexity index is 1180. The number of unbranched alkanes of at least 4 members (excludes halogenated alkanes) is 1. The highest BCUT2D eigenvalue weighted by atomic mass is 32.1. The van der Waals surface area contributed by atoms with Crippen LogP contribution in [0.15, 0.2) is 54.7 Å². The molecular formula is C26H32N4OS. The van der Waals surface area contributed by atoms with Crippen molar-refractivity contribution in [1.29, 1.82) is 0 Å². The molecule has 2 aromatic heterocycles. The number of H-pyrrole nitrogens is 1. The van der Waals surface area contributed by atoms with Crippen LogP contribution in [0.1, 0.15) is 41.4 Å². The third-order valence-corrected chi connectivity index (χ3v) is 6.93. The first kappa shape index (κ1) is 22.4. The van der Waals surface area contributed by atoms with E-state index in [1.54, 1.807) is 11.3 Å². The van der Waals surface area contributed by atoms with Crippen LogP contribution in [-0.4, -0.2) is 37.1 Å². The fraction of sp³-hybridized carbons (Fsp3) is 0.346. The zero-order valence-electron chi connectivity index (χ0n) is 18.8. The van der Waals surface area contributed by atoms with Gasteiger partial charge in [-0.15, -0.1) is 11.3 Å². The molecule has 0 spiro atoms. The summed E-state index contributed by atoms with van der Waals surface area (Å²) in [4.78, 5) is 17.3. The Kier molecular flexibility index (Phi) is 7.45. The van der Waals surface area contributed by atoms with Crippen LogP contribution in [0.25, 0.3) is 21.0 Å². The Morgan fingerprint density at radius 1 is 1.12 bits per heavy atom. The molecule has 0 saturated carbocycles. The van der Waals surface area contributed by atoms with Crippen LogP contribution in [0, 0.1) is 0 Å². The minimum Gasteiger partial charge on any atom is -0.384 e. The molecule has 0 fully saturated rings. The van der Waals surface area contributed by atoms with Crippen LogP contribution in [0.5, 0.6) is 0 Å². The van der Waals surface area contributed by atoms with Crippen molar-refractivity contribution < 1.29 is 4.79 Å². The van der Waals surface area contributed by atoms with Gasteiger partial charge in [-0.05, 0) is 55.1 Å². The molecular weight excluding hydrogens is 416 g/mol. The average Bonchev–Trinajstić information content (AvgIpc) is 3.42. The summed E-state index contributed by atoms with van der Waals surface area (Å²) in [6.07, 6.45) is 6.11. The van der Waals surface area contributed by atoms with E-state index in [-0.39, 0.29) is 11.9 Å². The van der Waals surface area contributed by atoms with Gasteiger partial charge in [0.25, 0.3) is 5.91 Å². The summed E-state index contributed by atoms with van der Waals surface area (Å²) < 4.78 is 1.13. The Hall–Kier alpha value is -2.83. The molecule has 0 saturated heterocycles. The molecule has 0 aliphatic carbocycles. The van der Waals surface area contributed by atoms with Crippen molar-refractivity contribution in [1.82, 2.24) is 15.6 Å². The number of aromatic nitrogens is 1. The van der Waals surface area contributed by atoms with E-state index in [4.69, 9.17) is 0 Å². The first-order valence-corrected chi connectivity index (χ1v) is 12.3. The van der Waals surface area contributed by atoms with E-state index in [0.29, 0.717) is 0 Å². The highest BCUT2D eigenvalue weighted by Gasteiger charge is 2.18. The Balaban J connectivity index is 1.48. The summed E-state index contributed by atoms with van der Waals surface area (Å²) in [6, 6.07) is 16.8. The molecule has 0 bridgehead atoms. The standard InChI is InChI=1S/C26H32N4OS/c1-3-4-7-21(14-19-17-29-23-9-6-5-8-22(19)23)30-26(31)25-15-18-10-11-20(16-24(18)32-25)28-13-12-27-2/h5-6,8-11,15-17,21,27-29H,3-4,7,12-14H2,1-2H3,(H,30,31)/t21-/m1/s1. The van der Waals surface area contributed by atoms with Crippen LogP contribution in [-0.2, 0) is 6.42 Å². The summed E-state index contributed by atoms with van der Waals surface area (Å²) in [5.41, 5.74) is 3.49. The van der Waals surface area contributed by atoms with Crippen molar-refractivity contribution in [3.05, 3.63) is 65.2 Å². The van der Waals surface area contributed by atoms with Crippen molar-refractivity contribution in [2.75, 3.05) is 25.5 Å². The highest BCUT2D eigenvalue weighted by molar-refractivity contribution is 7.20. The second-order valence-electron chi connectivity index (χ2n) is 8.27. The van der Waals surface area contributed by atoms with Crippen LogP contribution in [0.2, 0.25) is 0 Å². The first-order chi connectivity index (χ1) is 15.7. The molecule has 4 rings (SSSR count). The predicted molar refractivity (Wildman–Crippen MR) is 137 cm³/mol. The summed E-state index contributed by atoms with van der Waals surface area (Å²) >= 11 is 1.56. The Morgan fingerprint density at radius 3 is 2.84 bits per heavy atom. The molecule has 0 unspecified atom stereocenters. The zero-order chi connectivity index (χ0) is 22.3. The van der Waals surface area contributed by atoms with Gasteiger partial charge in [0.05, 0.1) is 4.88 Å². The van der Waals surface area contributed by atoms with E-state index in [1.165, 1.54) is 10.9 Å². The smallest absolute Gasteiger partial charge is 0.261 e. The molecule has 0 aliphatic rings. The Morgan fingerprint density at radius 2 is 2.00 bits per heavy atom. The minimum absolute atomic E-state index is 0.0248. The molecule has 1 amide bonds. The van der Waals surface area contributed by atoms with E-state index >= 15 is 0 Å². The van der Waals surface area contributed by atoms with Crippen molar-refractivity contribution in [3.63, 3.8) is 0 Å². The second-order valence-corrected chi connectivity index (χ2v) is 9.35. The molecule has 0 radical (unpaired) electrons. The molecule has 5 nitrogen and oxygen atoms in total. The van der Waals surface area contributed by atoms with E-state index in [1.807, 2.05) is 19.2 Å². The SMILES string of the molecule is CCCC[C@H](Cc1c[nH]c2ccccc12)NC(=O)c1cc2ccc(NCCNC)cc2s1. The van der Waals surface area contributed by atoms with Crippen LogP contribution in [0.3, 0.4) is 0 Å². The van der Waals surface area contributed by atoms with Gasteiger partial charge in [-0.2, -0.15) is 0 Å². The molecule has 168 valence electrons. The molecule has 2 heterocycles. The van der Waals surface area contributed by atoms with Gasteiger partial charge in [0.15, 0.2) is 0 Å². The molecule has 0 aliphatic heterocycles. The lowest BCUT2D eigenvalue weighted by Gasteiger charge is -2.18. The van der Waals surface area contributed by atoms with E-state index in [9.17, 15) is 4.79 Å². The van der Waals surface area contributed by atoms with Gasteiger partial charge in [-0.3, -0.25) is 4.79 Å². The molecule has 2 aromatic carbocycles. The van der Waals surface area contributed by atoms with Crippen molar-refractivity contribution in [2.45, 2.75) is 38.6 Å². The van der Waals surface area contributed by atoms with Crippen LogP contribution >= 0.6 is 11.3 Å². The number of anilines is 1. The summed E-state index contributed by atoms with van der Waals surface area (Å²) in [6.45, 7) is 3.97. The van der Waals surface area contributed by atoms with Crippen molar-refractivity contribution in [2.24, 2.45) is 0 Å². The molecule has 4 aromatic rings. The lowest BCUT2D eigenvalue weighted by atomic mass is 10.0. The van der Waals surface area contributed by atoms with E-state index in [0.717, 1.165) is 64.9 Å². The highest BCUT2D eigenvalue weighted by Crippen LogP contribution is 2.29. The van der Waals surface area contributed by atoms with Gasteiger partial charge in [-0.25, -0.2) is 0 Å². The average molecular weight is 449 g/mol. The quantitative estimate of drug-likeness (QED) is 0.228. The van der Waals surface area contributed by atoms with Gasteiger partial charge in [0, 0.05) is 46.6 Å². The summed E-state index contributed by atoms with van der Waals surface area (Å²) in [7, 11) is 1.95. The maximum Gasteiger partial charge on any atom is 0.261 e. The number of para-hydroxylation sites is 1. The summed E-state index contributed by atoms with van der Waals surface area (Å²) in [5.74, 6) is 0.0248. The third-order valence-electron chi connectivity index (χ3n) is 5.83. The second kappa shape index (κ2) is 10.7. The van der Waals surface area contributed by atoms with Gasteiger partial charge >= 0.3 is 0 Å². The van der Waals surface area contributed by atoms with Crippen molar-refractivity contribution >= 4 is 43.9 Å². The Labute approximate surface area is 193 Å². The van der Waals surface area contributed by atoms with Gasteiger partial charge < -0.3 is 20.9 Å². The fourth-order valence-corrected chi connectivity index (χ4v) is 5.09. The number of thiophene rings is 1. The largest absolute Gasteiger partial charge is 0.384 e. The monoisotopic (exact) mass is 448 g/mol. The lowest BCUT2D eigenvalue weighted by Crippen LogP contribution is -2.36. The van der Waals surface area contributed by atoms with Crippen LogP contribution < -0.4 is 16.0 Å². The topological polar surface area (TPSA) is 69.0 Å². The third kappa shape index (κ3) is 5.31. The number of amides is 1. The number of likely N-dealkylation sites (N-methyl/N-ethyl adjacent to an activating group) is 1. The maximum absolute atomic E-state index is 13.1. The number of hydrogen-bond donors (Lipinski definition) is 4. The van der Waals surface area contributed by atoms with Gasteiger partial charge in [0.2, 0.25) is 0 Å². The first-order valence-electron chi connectivity index (χ1n) is 11.5. The number of rotatable bonds is 11. The molecule has 6 heteroatoms. The van der Waals surface area contributed by atoms with E-state index in [2.05, 4.69) is 70.5 Å². The van der Waals surface area contributed by atoms with E-state index < -0.39 is 0 Å². The predicted octanol–water partition coefficient (Wildman–Crippen LogP) is 5.55. The zero-order valence-corrected chi connectivity index (χ0v) is 19.6. The number of fused-ring (bicyclic) bond motifs is 2. The number of carbonyl (C=O) groups is 1. The molecule has 4 N–H and O–H groups in total. The van der Waals surface area contributed by atoms with Gasteiger partial charge in [-0.1, -0.05) is 44.0 Å². The number of nitrogens with one attached hydrogen (secondary N) is 4. The lowest BCUT2D eigenvalue weighted by molar-refractivity contribution is 0.0938. The number of carbonyl (C=O) groups excluding carboxylic acids is 1. The fourth-order valence-electron chi connectivity index (χ4n) is 4.08. The normalized spacial score (nSPS) is 12.3. The molecule has 1 atom stereocenters. The van der Waals surface area contributed by atoms with Gasteiger partial charge in [0.1, 0.15) is 0 Å². The number of aromatic amines is 1. The molecule has 32 heavy (non-hydrogen) atoms. The minimum atomic E-state index is 0.0248. The van der Waals surface area contributed by atoms with Crippen molar-refractivity contribution in [3.8, 4) is 0 Å². The number of hydrogen-bond acceptors (Lipinski definition) is 4. The number of benzene rings is 2. The van der Waals surface area contributed by atoms with Crippen LogP contribution in [0.4, 0.5) is 5.69 Å². The maximum atomic E-state index is 13.1.